The molecule has 2 aromatic rings. The number of aryl methyl sites for hydroxylation is 1. The van der Waals surface area contributed by atoms with Crippen molar-refractivity contribution in [3.8, 4) is 0 Å². The lowest BCUT2D eigenvalue weighted by Crippen LogP contribution is -2.42. The third-order valence-electron chi connectivity index (χ3n) is 3.77. The number of carbonyl (C=O) groups is 1. The topological polar surface area (TPSA) is 56.7 Å². The summed E-state index contributed by atoms with van der Waals surface area (Å²) in [5.74, 6) is 0.650. The number of rotatable bonds is 7. The lowest BCUT2D eigenvalue weighted by Gasteiger charge is -2.15. The van der Waals surface area contributed by atoms with Gasteiger partial charge in [-0.3, -0.25) is 4.79 Å². The summed E-state index contributed by atoms with van der Waals surface area (Å²) in [6, 6.07) is 10.5. The minimum Gasteiger partial charge on any atom is -0.351 e. The summed E-state index contributed by atoms with van der Waals surface area (Å²) in [4.78, 5) is 20.6. The molecule has 2 N–H and O–H groups in total. The molecular formula is C19H27IN4OS2. The summed E-state index contributed by atoms with van der Waals surface area (Å²) < 4.78 is 0. The van der Waals surface area contributed by atoms with Gasteiger partial charge in [0, 0.05) is 23.9 Å². The standard InChI is InChI=1S/C19H26N4OS2.HI/c1-14-7-8-15(17(10-14)25-4)11-20-19(22-13-18(24)23(2)3)21-12-16-6-5-9-26-16;/h5-10H,11-13H2,1-4H3,(H2,20,21,22);1H. The molecule has 0 atom stereocenters. The number of nitrogens with one attached hydrogen (secondary N) is 2. The van der Waals surface area contributed by atoms with Crippen molar-refractivity contribution in [3.05, 3.63) is 51.7 Å². The molecule has 1 aromatic heterocycles. The quantitative estimate of drug-likeness (QED) is 0.254. The molecule has 0 unspecified atom stereocenters. The van der Waals surface area contributed by atoms with Gasteiger partial charge in [0.2, 0.25) is 5.91 Å². The second-order valence-corrected chi connectivity index (χ2v) is 7.94. The Morgan fingerprint density at radius 1 is 1.26 bits per heavy atom. The highest BCUT2D eigenvalue weighted by atomic mass is 127. The highest BCUT2D eigenvalue weighted by Gasteiger charge is 2.07. The van der Waals surface area contributed by atoms with Crippen LogP contribution in [-0.2, 0) is 17.9 Å². The van der Waals surface area contributed by atoms with Gasteiger partial charge in [-0.2, -0.15) is 0 Å². The fraction of sp³-hybridized carbons (Fsp3) is 0.368. The maximum absolute atomic E-state index is 11.9. The first-order chi connectivity index (χ1) is 12.5. The molecule has 148 valence electrons. The van der Waals surface area contributed by atoms with Crippen LogP contribution in [0.3, 0.4) is 0 Å². The molecule has 0 radical (unpaired) electrons. The van der Waals surface area contributed by atoms with E-state index in [4.69, 9.17) is 0 Å². The summed E-state index contributed by atoms with van der Waals surface area (Å²) in [6.45, 7) is 3.55. The number of guanidine groups is 1. The van der Waals surface area contributed by atoms with E-state index in [0.29, 0.717) is 19.0 Å². The number of benzene rings is 1. The number of amides is 1. The van der Waals surface area contributed by atoms with Crippen LogP contribution in [0.1, 0.15) is 16.0 Å². The van der Waals surface area contributed by atoms with Gasteiger partial charge in [0.05, 0.1) is 19.6 Å². The highest BCUT2D eigenvalue weighted by Crippen LogP contribution is 2.22. The first-order valence-corrected chi connectivity index (χ1v) is 10.5. The van der Waals surface area contributed by atoms with Crippen molar-refractivity contribution in [1.82, 2.24) is 15.5 Å². The number of hydrogen-bond donors (Lipinski definition) is 2. The third-order valence-corrected chi connectivity index (χ3v) is 5.46. The first-order valence-electron chi connectivity index (χ1n) is 8.38. The van der Waals surface area contributed by atoms with Gasteiger partial charge < -0.3 is 15.5 Å². The van der Waals surface area contributed by atoms with E-state index in [9.17, 15) is 4.79 Å². The Labute approximate surface area is 187 Å². The van der Waals surface area contributed by atoms with Crippen LogP contribution in [0.2, 0.25) is 0 Å². The molecule has 1 heterocycles. The van der Waals surface area contributed by atoms with Crippen LogP contribution in [0.15, 0.2) is 45.6 Å². The molecular weight excluding hydrogens is 491 g/mol. The molecule has 0 fully saturated rings. The Balaban J connectivity index is 0.00000364. The lowest BCUT2D eigenvalue weighted by molar-refractivity contribution is -0.127. The van der Waals surface area contributed by atoms with Crippen molar-refractivity contribution in [1.29, 1.82) is 0 Å². The molecule has 0 aliphatic heterocycles. The number of carbonyl (C=O) groups excluding carboxylic acids is 1. The summed E-state index contributed by atoms with van der Waals surface area (Å²) in [7, 11) is 3.49. The van der Waals surface area contributed by atoms with Crippen LogP contribution in [0.25, 0.3) is 0 Å². The summed E-state index contributed by atoms with van der Waals surface area (Å²) in [5.41, 5.74) is 2.42. The number of halogens is 1. The van der Waals surface area contributed by atoms with E-state index < -0.39 is 0 Å². The fourth-order valence-corrected chi connectivity index (χ4v) is 3.57. The maximum Gasteiger partial charge on any atom is 0.241 e. The van der Waals surface area contributed by atoms with Crippen LogP contribution in [0, 0.1) is 6.92 Å². The van der Waals surface area contributed by atoms with E-state index >= 15 is 0 Å². The van der Waals surface area contributed by atoms with Gasteiger partial charge in [0.25, 0.3) is 0 Å². The van der Waals surface area contributed by atoms with Crippen LogP contribution >= 0.6 is 47.1 Å². The fourth-order valence-electron chi connectivity index (χ4n) is 2.22. The molecule has 0 spiro atoms. The predicted molar refractivity (Wildman–Crippen MR) is 127 cm³/mol. The van der Waals surface area contributed by atoms with Gasteiger partial charge in [-0.1, -0.05) is 18.2 Å². The first kappa shape index (κ1) is 23.8. The van der Waals surface area contributed by atoms with Gasteiger partial charge >= 0.3 is 0 Å². The number of hydrogen-bond acceptors (Lipinski definition) is 4. The van der Waals surface area contributed by atoms with Gasteiger partial charge in [-0.05, 0) is 41.8 Å². The Kier molecular flexibility index (Phi) is 10.8. The molecule has 0 saturated heterocycles. The summed E-state index contributed by atoms with van der Waals surface area (Å²) in [6.07, 6.45) is 2.08. The molecule has 1 amide bonds. The molecule has 2 rings (SSSR count). The van der Waals surface area contributed by atoms with Crippen molar-refractivity contribution in [2.24, 2.45) is 4.99 Å². The van der Waals surface area contributed by atoms with E-state index in [0.717, 1.165) is 0 Å². The van der Waals surface area contributed by atoms with Crippen LogP contribution in [0.5, 0.6) is 0 Å². The largest absolute Gasteiger partial charge is 0.351 e. The Morgan fingerprint density at radius 2 is 2.04 bits per heavy atom. The average molecular weight is 518 g/mol. The van der Waals surface area contributed by atoms with Crippen LogP contribution in [0.4, 0.5) is 0 Å². The number of nitrogens with zero attached hydrogens (tertiary/aromatic N) is 2. The average Bonchev–Trinajstić information content (AvgIpc) is 3.14. The Morgan fingerprint density at radius 3 is 2.67 bits per heavy atom. The second-order valence-electron chi connectivity index (χ2n) is 6.05. The SMILES string of the molecule is CSc1cc(C)ccc1CN=C(NCC(=O)N(C)C)NCc1cccs1.I. The number of thioether (sulfide) groups is 1. The summed E-state index contributed by atoms with van der Waals surface area (Å²) >= 11 is 3.42. The van der Waals surface area contributed by atoms with E-state index in [1.165, 1.54) is 20.9 Å². The van der Waals surface area contributed by atoms with Crippen molar-refractivity contribution in [2.45, 2.75) is 24.9 Å². The molecule has 0 aliphatic carbocycles. The van der Waals surface area contributed by atoms with E-state index in [1.54, 1.807) is 42.1 Å². The molecule has 8 heteroatoms. The van der Waals surface area contributed by atoms with Gasteiger partial charge in [0.1, 0.15) is 0 Å². The van der Waals surface area contributed by atoms with Crippen molar-refractivity contribution < 1.29 is 4.79 Å². The molecule has 0 aliphatic rings. The van der Waals surface area contributed by atoms with Gasteiger partial charge in [-0.25, -0.2) is 4.99 Å². The van der Waals surface area contributed by atoms with Crippen molar-refractivity contribution in [3.63, 3.8) is 0 Å². The number of thiophene rings is 1. The van der Waals surface area contributed by atoms with Crippen LogP contribution < -0.4 is 10.6 Å². The molecule has 0 saturated carbocycles. The van der Waals surface area contributed by atoms with Crippen molar-refractivity contribution >= 4 is 58.9 Å². The zero-order valence-electron chi connectivity index (χ0n) is 16.1. The number of likely N-dealkylation sites (N-methyl/N-ethyl adjacent to an activating group) is 1. The minimum atomic E-state index is 0. The Bertz CT molecular complexity index is 748. The smallest absolute Gasteiger partial charge is 0.241 e. The number of aliphatic imine (C=N–C) groups is 1. The lowest BCUT2D eigenvalue weighted by atomic mass is 10.1. The molecule has 5 nitrogen and oxygen atoms in total. The minimum absolute atomic E-state index is 0. The van der Waals surface area contributed by atoms with E-state index in [2.05, 4.69) is 53.1 Å². The normalized spacial score (nSPS) is 10.9. The third kappa shape index (κ3) is 8.10. The maximum atomic E-state index is 11.9. The van der Waals surface area contributed by atoms with Crippen LogP contribution in [-0.4, -0.2) is 43.7 Å². The predicted octanol–water partition coefficient (Wildman–Crippen LogP) is 3.72. The zero-order valence-corrected chi connectivity index (χ0v) is 20.1. The van der Waals surface area contributed by atoms with Gasteiger partial charge in [-0.15, -0.1) is 47.1 Å². The second kappa shape index (κ2) is 12.2. The Hall–Kier alpha value is -1.26. The highest BCUT2D eigenvalue weighted by molar-refractivity contribution is 14.0. The van der Waals surface area contributed by atoms with E-state index in [1.807, 2.05) is 11.4 Å². The van der Waals surface area contributed by atoms with Gasteiger partial charge in [0.15, 0.2) is 5.96 Å². The van der Waals surface area contributed by atoms with Crippen molar-refractivity contribution in [2.75, 3.05) is 26.9 Å². The zero-order chi connectivity index (χ0) is 18.9. The molecule has 0 bridgehead atoms. The van der Waals surface area contributed by atoms with E-state index in [-0.39, 0.29) is 36.4 Å². The monoisotopic (exact) mass is 518 g/mol. The molecule has 1 aromatic carbocycles. The summed E-state index contributed by atoms with van der Waals surface area (Å²) in [5, 5.41) is 8.48. The molecule has 27 heavy (non-hydrogen) atoms.